The van der Waals surface area contributed by atoms with Gasteiger partial charge >= 0.3 is 0 Å². The Hall–Kier alpha value is -0.250. The summed E-state index contributed by atoms with van der Waals surface area (Å²) in [6.45, 7) is 0.662. The van der Waals surface area contributed by atoms with E-state index in [2.05, 4.69) is 15.9 Å². The molecule has 1 aromatic rings. The third-order valence-electron chi connectivity index (χ3n) is 4.00. The van der Waals surface area contributed by atoms with E-state index in [4.69, 9.17) is 22.1 Å². The summed E-state index contributed by atoms with van der Waals surface area (Å²) in [5.41, 5.74) is 7.33. The summed E-state index contributed by atoms with van der Waals surface area (Å²) in [5.74, 6) is 0.788. The van der Waals surface area contributed by atoms with Gasteiger partial charge in [-0.25, -0.2) is 0 Å². The number of nitrogens with two attached hydrogens (primary N) is 1. The highest BCUT2D eigenvalue weighted by Gasteiger charge is 2.35. The third-order valence-corrected chi connectivity index (χ3v) is 5.03. The summed E-state index contributed by atoms with van der Waals surface area (Å²) in [5, 5.41) is 0.712. The molecule has 0 atom stereocenters. The lowest BCUT2D eigenvalue weighted by atomic mass is 9.69. The number of hydrogen-bond donors (Lipinski definition) is 1. The third kappa shape index (κ3) is 2.54. The summed E-state index contributed by atoms with van der Waals surface area (Å²) in [4.78, 5) is 0. The fraction of sp³-hybridized carbons (Fsp3) is 0.571. The monoisotopic (exact) mass is 331 g/mol. The van der Waals surface area contributed by atoms with Crippen molar-refractivity contribution >= 4 is 27.5 Å². The highest BCUT2D eigenvalue weighted by Crippen LogP contribution is 2.45. The van der Waals surface area contributed by atoms with Crippen molar-refractivity contribution in [3.05, 3.63) is 27.2 Å². The van der Waals surface area contributed by atoms with Crippen LogP contribution in [0.2, 0.25) is 5.02 Å². The van der Waals surface area contributed by atoms with Crippen LogP contribution in [-0.4, -0.2) is 13.7 Å². The molecule has 100 valence electrons. The molecule has 1 fully saturated rings. The van der Waals surface area contributed by atoms with Gasteiger partial charge in [0.2, 0.25) is 0 Å². The first-order chi connectivity index (χ1) is 8.63. The zero-order valence-electron chi connectivity index (χ0n) is 10.6. The minimum absolute atomic E-state index is 0.0509. The fourth-order valence-corrected chi connectivity index (χ4v) is 3.93. The Morgan fingerprint density at radius 3 is 2.56 bits per heavy atom. The number of halogens is 2. The van der Waals surface area contributed by atoms with Gasteiger partial charge in [0.1, 0.15) is 5.75 Å². The molecule has 0 unspecified atom stereocenters. The molecular weight excluding hydrogens is 314 g/mol. The molecule has 0 radical (unpaired) electrons. The molecule has 0 saturated heterocycles. The second kappa shape index (κ2) is 5.81. The topological polar surface area (TPSA) is 35.2 Å². The van der Waals surface area contributed by atoms with Gasteiger partial charge in [-0.15, -0.1) is 0 Å². The van der Waals surface area contributed by atoms with Crippen LogP contribution < -0.4 is 10.5 Å². The number of hydrogen-bond acceptors (Lipinski definition) is 2. The summed E-state index contributed by atoms with van der Waals surface area (Å²) in [6, 6.07) is 3.87. The molecule has 0 heterocycles. The van der Waals surface area contributed by atoms with Crippen molar-refractivity contribution in [1.82, 2.24) is 0 Å². The molecule has 0 aromatic heterocycles. The normalized spacial score (nSPS) is 18.7. The Labute approximate surface area is 122 Å². The van der Waals surface area contributed by atoms with Crippen molar-refractivity contribution in [2.24, 2.45) is 5.73 Å². The van der Waals surface area contributed by atoms with Crippen LogP contribution in [0.3, 0.4) is 0 Å². The van der Waals surface area contributed by atoms with Crippen LogP contribution in [0.4, 0.5) is 0 Å². The van der Waals surface area contributed by atoms with Crippen LogP contribution in [0.15, 0.2) is 16.6 Å². The maximum Gasteiger partial charge on any atom is 0.134 e. The van der Waals surface area contributed by atoms with E-state index in [0.717, 1.165) is 23.1 Å². The second-order valence-electron chi connectivity index (χ2n) is 5.01. The van der Waals surface area contributed by atoms with E-state index < -0.39 is 0 Å². The van der Waals surface area contributed by atoms with E-state index in [9.17, 15) is 0 Å². The molecule has 0 aliphatic heterocycles. The molecule has 2 nitrogen and oxygen atoms in total. The van der Waals surface area contributed by atoms with Crippen LogP contribution in [0, 0.1) is 0 Å². The lowest BCUT2D eigenvalue weighted by molar-refractivity contribution is 0.298. The van der Waals surface area contributed by atoms with E-state index in [-0.39, 0.29) is 5.41 Å². The minimum atomic E-state index is 0.0509. The van der Waals surface area contributed by atoms with Crippen molar-refractivity contribution in [3.8, 4) is 5.75 Å². The van der Waals surface area contributed by atoms with E-state index in [1.165, 1.54) is 24.8 Å². The SMILES string of the molecule is COc1cc(Cl)cc(C2(CN)CCCCC2)c1Br. The molecule has 2 N–H and O–H groups in total. The molecule has 0 spiro atoms. The van der Waals surface area contributed by atoms with Crippen LogP contribution in [0.5, 0.6) is 5.75 Å². The van der Waals surface area contributed by atoms with Gasteiger partial charge < -0.3 is 10.5 Å². The van der Waals surface area contributed by atoms with Gasteiger partial charge in [0.25, 0.3) is 0 Å². The van der Waals surface area contributed by atoms with Gasteiger partial charge in [-0.05, 0) is 46.5 Å². The van der Waals surface area contributed by atoms with Gasteiger partial charge in [-0.2, -0.15) is 0 Å². The Morgan fingerprint density at radius 2 is 2.00 bits per heavy atom. The molecular formula is C14H19BrClNO. The van der Waals surface area contributed by atoms with E-state index in [1.54, 1.807) is 7.11 Å². The molecule has 2 rings (SSSR count). The number of benzene rings is 1. The average molecular weight is 333 g/mol. The lowest BCUT2D eigenvalue weighted by Crippen LogP contribution is -2.37. The van der Waals surface area contributed by atoms with Gasteiger partial charge in [0.05, 0.1) is 11.6 Å². The van der Waals surface area contributed by atoms with Gasteiger partial charge in [0.15, 0.2) is 0 Å². The zero-order valence-corrected chi connectivity index (χ0v) is 13.0. The smallest absolute Gasteiger partial charge is 0.134 e. The summed E-state index contributed by atoms with van der Waals surface area (Å²) < 4.78 is 6.38. The Bertz CT molecular complexity index is 430. The number of ether oxygens (including phenoxy) is 1. The Balaban J connectivity index is 2.50. The van der Waals surface area contributed by atoms with Crippen LogP contribution in [0.25, 0.3) is 0 Å². The minimum Gasteiger partial charge on any atom is -0.496 e. The van der Waals surface area contributed by atoms with Crippen molar-refractivity contribution in [1.29, 1.82) is 0 Å². The van der Waals surface area contributed by atoms with E-state index >= 15 is 0 Å². The number of methoxy groups -OCH3 is 1. The van der Waals surface area contributed by atoms with E-state index in [1.807, 2.05) is 12.1 Å². The largest absolute Gasteiger partial charge is 0.496 e. The molecule has 0 amide bonds. The first kappa shape index (κ1) is 14.2. The first-order valence-electron chi connectivity index (χ1n) is 6.36. The Morgan fingerprint density at radius 1 is 1.33 bits per heavy atom. The fourth-order valence-electron chi connectivity index (χ4n) is 2.91. The second-order valence-corrected chi connectivity index (χ2v) is 6.24. The first-order valence-corrected chi connectivity index (χ1v) is 7.53. The van der Waals surface area contributed by atoms with Crippen molar-refractivity contribution in [3.63, 3.8) is 0 Å². The van der Waals surface area contributed by atoms with Gasteiger partial charge in [0, 0.05) is 17.0 Å². The molecule has 1 aliphatic carbocycles. The maximum atomic E-state index is 6.20. The summed E-state index contributed by atoms with van der Waals surface area (Å²) in [6.07, 6.45) is 6.03. The quantitative estimate of drug-likeness (QED) is 0.897. The Kier molecular flexibility index (Phi) is 4.57. The van der Waals surface area contributed by atoms with Crippen LogP contribution in [-0.2, 0) is 5.41 Å². The van der Waals surface area contributed by atoms with Crippen LogP contribution in [0.1, 0.15) is 37.7 Å². The van der Waals surface area contributed by atoms with Crippen molar-refractivity contribution in [2.45, 2.75) is 37.5 Å². The predicted octanol–water partition coefficient (Wildman–Crippen LogP) is 4.27. The van der Waals surface area contributed by atoms with E-state index in [0.29, 0.717) is 11.6 Å². The highest BCUT2D eigenvalue weighted by atomic mass is 79.9. The van der Waals surface area contributed by atoms with Crippen LogP contribution >= 0.6 is 27.5 Å². The molecule has 1 aliphatic rings. The van der Waals surface area contributed by atoms with Gasteiger partial charge in [-0.1, -0.05) is 30.9 Å². The average Bonchev–Trinajstić information content (AvgIpc) is 2.41. The summed E-state index contributed by atoms with van der Waals surface area (Å²) >= 11 is 9.85. The molecule has 1 aromatic carbocycles. The molecule has 1 saturated carbocycles. The summed E-state index contributed by atoms with van der Waals surface area (Å²) in [7, 11) is 1.66. The highest BCUT2D eigenvalue weighted by molar-refractivity contribution is 9.10. The van der Waals surface area contributed by atoms with Gasteiger partial charge in [-0.3, -0.25) is 0 Å². The predicted molar refractivity (Wildman–Crippen MR) is 79.5 cm³/mol. The molecule has 4 heteroatoms. The standard InChI is InChI=1S/C14H19BrClNO/c1-18-12-8-10(16)7-11(13(12)15)14(9-17)5-3-2-4-6-14/h7-8H,2-6,9,17H2,1H3. The lowest BCUT2D eigenvalue weighted by Gasteiger charge is -2.37. The van der Waals surface area contributed by atoms with Crippen molar-refractivity contribution in [2.75, 3.05) is 13.7 Å². The maximum absolute atomic E-state index is 6.20. The number of rotatable bonds is 3. The zero-order chi connectivity index (χ0) is 13.2. The molecule has 18 heavy (non-hydrogen) atoms. The van der Waals surface area contributed by atoms with Crippen molar-refractivity contribution < 1.29 is 4.74 Å². The molecule has 0 bridgehead atoms.